The van der Waals surface area contributed by atoms with Crippen molar-refractivity contribution in [1.82, 2.24) is 10.0 Å². The van der Waals surface area contributed by atoms with Crippen LogP contribution in [0.5, 0.6) is 5.75 Å². The lowest BCUT2D eigenvalue weighted by Gasteiger charge is -2.32. The second-order valence-electron chi connectivity index (χ2n) is 7.91. The Kier molecular flexibility index (Phi) is 6.41. The van der Waals surface area contributed by atoms with Crippen LogP contribution in [0.25, 0.3) is 10.8 Å². The minimum atomic E-state index is -3.63. The third kappa shape index (κ3) is 4.82. The molecule has 3 atom stereocenters. The minimum Gasteiger partial charge on any atom is -0.497 e. The summed E-state index contributed by atoms with van der Waals surface area (Å²) in [6.45, 7) is 2.13. The highest BCUT2D eigenvalue weighted by Crippen LogP contribution is 2.26. The summed E-state index contributed by atoms with van der Waals surface area (Å²) in [5.74, 6) is 0.628. The number of fused-ring (bicyclic) bond motifs is 1. The van der Waals surface area contributed by atoms with E-state index in [0.717, 1.165) is 6.42 Å². The van der Waals surface area contributed by atoms with E-state index >= 15 is 0 Å². The predicted molar refractivity (Wildman–Crippen MR) is 125 cm³/mol. The van der Waals surface area contributed by atoms with Gasteiger partial charge in [-0.05, 0) is 60.4 Å². The Morgan fingerprint density at radius 2 is 1.58 bits per heavy atom. The second-order valence-corrected chi connectivity index (χ2v) is 9.62. The van der Waals surface area contributed by atoms with Gasteiger partial charge in [0.25, 0.3) is 0 Å². The third-order valence-corrected chi connectivity index (χ3v) is 7.37. The first-order valence-electron chi connectivity index (χ1n) is 10.5. The van der Waals surface area contributed by atoms with Crippen LogP contribution >= 0.6 is 0 Å². The van der Waals surface area contributed by atoms with Gasteiger partial charge < -0.3 is 10.1 Å². The molecule has 0 amide bonds. The monoisotopic (exact) mass is 436 g/mol. The van der Waals surface area contributed by atoms with E-state index in [-0.39, 0.29) is 23.0 Å². The molecule has 0 heterocycles. The van der Waals surface area contributed by atoms with Crippen LogP contribution < -0.4 is 14.8 Å². The van der Waals surface area contributed by atoms with Gasteiger partial charge in [-0.25, -0.2) is 13.1 Å². The lowest BCUT2D eigenvalue weighted by molar-refractivity contribution is 0.364. The summed E-state index contributed by atoms with van der Waals surface area (Å²) in [6, 6.07) is 21.0. The molecule has 1 aliphatic rings. The van der Waals surface area contributed by atoms with E-state index in [1.54, 1.807) is 31.4 Å². The van der Waals surface area contributed by atoms with Crippen LogP contribution in [0.4, 0.5) is 0 Å². The topological polar surface area (TPSA) is 67.4 Å². The van der Waals surface area contributed by atoms with Gasteiger partial charge in [0.1, 0.15) is 5.75 Å². The van der Waals surface area contributed by atoms with E-state index in [9.17, 15) is 8.42 Å². The Bertz CT molecular complexity index is 1170. The Balaban J connectivity index is 1.52. The summed E-state index contributed by atoms with van der Waals surface area (Å²) >= 11 is 0. The van der Waals surface area contributed by atoms with Crippen LogP contribution in [0.15, 0.2) is 83.8 Å². The van der Waals surface area contributed by atoms with E-state index in [1.807, 2.05) is 18.2 Å². The molecule has 0 bridgehead atoms. The lowest BCUT2D eigenvalue weighted by atomic mass is 9.94. The average molecular weight is 437 g/mol. The van der Waals surface area contributed by atoms with Gasteiger partial charge in [0, 0.05) is 18.1 Å². The molecular weight excluding hydrogens is 408 g/mol. The van der Waals surface area contributed by atoms with Crippen molar-refractivity contribution in [1.29, 1.82) is 0 Å². The molecule has 0 fully saturated rings. The molecule has 31 heavy (non-hydrogen) atoms. The summed E-state index contributed by atoms with van der Waals surface area (Å²) in [4.78, 5) is 0.240. The fourth-order valence-electron chi connectivity index (χ4n) is 4.19. The molecule has 3 aromatic rings. The number of hydrogen-bond donors (Lipinski definition) is 2. The van der Waals surface area contributed by atoms with Crippen molar-refractivity contribution in [2.45, 2.75) is 42.8 Å². The van der Waals surface area contributed by atoms with E-state index in [0.29, 0.717) is 12.2 Å². The van der Waals surface area contributed by atoms with Gasteiger partial charge in [0.05, 0.1) is 12.0 Å². The summed E-state index contributed by atoms with van der Waals surface area (Å²) in [5, 5.41) is 6.09. The van der Waals surface area contributed by atoms with Crippen LogP contribution in [0.3, 0.4) is 0 Å². The predicted octanol–water partition coefficient (Wildman–Crippen LogP) is 4.56. The number of benzene rings is 3. The third-order valence-electron chi connectivity index (χ3n) is 5.86. The van der Waals surface area contributed by atoms with Crippen LogP contribution in [0.1, 0.15) is 31.4 Å². The smallest absolute Gasteiger partial charge is 0.240 e. The van der Waals surface area contributed by atoms with E-state index in [1.165, 1.54) is 16.3 Å². The Hall–Kier alpha value is -2.67. The van der Waals surface area contributed by atoms with Crippen molar-refractivity contribution in [3.05, 3.63) is 84.4 Å². The standard InChI is InChI=1S/C25H28N2O3S/c1-18(22-11-7-9-19-8-3-4-10-23(19)22)26-24-12-5-6-13-25(24)27-31(28,29)21-16-14-20(30-2)15-17-21/h3-11,14-18,24-27H,12-13H2,1-2H3/t18?,24-,25?/m0/s1. The molecule has 4 rings (SSSR count). The SMILES string of the molecule is COc1ccc(S(=O)(=O)NC2CC=CC[C@@H]2NC(C)c2cccc3ccccc23)cc1. The Morgan fingerprint density at radius 1 is 0.903 bits per heavy atom. The Morgan fingerprint density at radius 3 is 2.32 bits per heavy atom. The molecule has 5 nitrogen and oxygen atoms in total. The van der Waals surface area contributed by atoms with Gasteiger partial charge in [-0.3, -0.25) is 0 Å². The molecule has 0 saturated carbocycles. The van der Waals surface area contributed by atoms with E-state index < -0.39 is 10.0 Å². The largest absolute Gasteiger partial charge is 0.497 e. The maximum Gasteiger partial charge on any atom is 0.240 e. The number of hydrogen-bond acceptors (Lipinski definition) is 4. The van der Waals surface area contributed by atoms with Gasteiger partial charge in [-0.2, -0.15) is 0 Å². The van der Waals surface area contributed by atoms with Crippen LogP contribution in [-0.2, 0) is 10.0 Å². The van der Waals surface area contributed by atoms with Gasteiger partial charge in [-0.15, -0.1) is 0 Å². The van der Waals surface area contributed by atoms with Crippen molar-refractivity contribution < 1.29 is 13.2 Å². The van der Waals surface area contributed by atoms with E-state index in [2.05, 4.69) is 53.4 Å². The van der Waals surface area contributed by atoms with Gasteiger partial charge in [0.2, 0.25) is 10.0 Å². The average Bonchev–Trinajstić information content (AvgIpc) is 2.80. The fraction of sp³-hybridized carbons (Fsp3) is 0.280. The first-order chi connectivity index (χ1) is 15.0. The van der Waals surface area contributed by atoms with Crippen molar-refractivity contribution >= 4 is 20.8 Å². The molecule has 0 saturated heterocycles. The van der Waals surface area contributed by atoms with Crippen LogP contribution in [0.2, 0.25) is 0 Å². The number of sulfonamides is 1. The highest BCUT2D eigenvalue weighted by atomic mass is 32.2. The normalized spacial score (nSPS) is 19.9. The summed E-state index contributed by atoms with van der Waals surface area (Å²) in [6.07, 6.45) is 5.58. The van der Waals surface area contributed by atoms with Crippen molar-refractivity contribution in [2.24, 2.45) is 0 Å². The molecule has 2 unspecified atom stereocenters. The first kappa shape index (κ1) is 21.6. The quantitative estimate of drug-likeness (QED) is 0.533. The molecule has 6 heteroatoms. The van der Waals surface area contributed by atoms with Crippen molar-refractivity contribution in [2.75, 3.05) is 7.11 Å². The highest BCUT2D eigenvalue weighted by Gasteiger charge is 2.29. The molecule has 1 aliphatic carbocycles. The molecule has 2 N–H and O–H groups in total. The molecular formula is C25H28N2O3S. The van der Waals surface area contributed by atoms with Crippen molar-refractivity contribution in [3.8, 4) is 5.75 Å². The lowest BCUT2D eigenvalue weighted by Crippen LogP contribution is -2.51. The fourth-order valence-corrected chi connectivity index (χ4v) is 5.48. The van der Waals surface area contributed by atoms with Gasteiger partial charge in [-0.1, -0.05) is 54.6 Å². The molecule has 0 radical (unpaired) electrons. The zero-order valence-electron chi connectivity index (χ0n) is 17.8. The Labute approximate surface area is 184 Å². The first-order valence-corrected chi connectivity index (χ1v) is 12.0. The number of nitrogens with one attached hydrogen (secondary N) is 2. The van der Waals surface area contributed by atoms with Crippen LogP contribution in [0, 0.1) is 0 Å². The molecule has 0 aliphatic heterocycles. The minimum absolute atomic E-state index is 0.00742. The number of rotatable bonds is 7. The van der Waals surface area contributed by atoms with Gasteiger partial charge >= 0.3 is 0 Å². The maximum atomic E-state index is 13.0. The van der Waals surface area contributed by atoms with Crippen LogP contribution in [-0.4, -0.2) is 27.6 Å². The second kappa shape index (κ2) is 9.22. The van der Waals surface area contributed by atoms with Gasteiger partial charge in [0.15, 0.2) is 0 Å². The number of methoxy groups -OCH3 is 1. The highest BCUT2D eigenvalue weighted by molar-refractivity contribution is 7.89. The summed E-state index contributed by atoms with van der Waals surface area (Å²) in [5.41, 5.74) is 1.21. The zero-order valence-corrected chi connectivity index (χ0v) is 18.6. The zero-order chi connectivity index (χ0) is 21.8. The van der Waals surface area contributed by atoms with Crippen molar-refractivity contribution in [3.63, 3.8) is 0 Å². The summed E-state index contributed by atoms with van der Waals surface area (Å²) in [7, 11) is -2.07. The molecule has 0 aromatic heterocycles. The molecule has 3 aromatic carbocycles. The molecule has 0 spiro atoms. The van der Waals surface area contributed by atoms with E-state index in [4.69, 9.17) is 4.74 Å². The maximum absolute atomic E-state index is 13.0. The molecule has 162 valence electrons. The summed E-state index contributed by atoms with van der Waals surface area (Å²) < 4.78 is 34.0. The number of ether oxygens (including phenoxy) is 1.